The van der Waals surface area contributed by atoms with Crippen molar-refractivity contribution in [2.75, 3.05) is 11.9 Å². The lowest BCUT2D eigenvalue weighted by molar-refractivity contribution is 0.299. The molecule has 2 aromatic carbocycles. The van der Waals surface area contributed by atoms with Crippen molar-refractivity contribution in [3.05, 3.63) is 64.7 Å². The highest BCUT2D eigenvalue weighted by molar-refractivity contribution is 6.30. The first-order valence-corrected chi connectivity index (χ1v) is 7.86. The third-order valence-electron chi connectivity index (χ3n) is 4.00. The largest absolute Gasteiger partial charge is 0.396 e. The summed E-state index contributed by atoms with van der Waals surface area (Å²) in [5.41, 5.74) is 3.59. The summed E-state index contributed by atoms with van der Waals surface area (Å²) in [4.78, 5) is 0. The molecule has 2 N–H and O–H groups in total. The summed E-state index contributed by atoms with van der Waals surface area (Å²) in [5, 5.41) is 13.4. The van der Waals surface area contributed by atoms with Crippen LogP contribution in [0.5, 0.6) is 0 Å². The van der Waals surface area contributed by atoms with Gasteiger partial charge in [-0.15, -0.1) is 0 Å². The van der Waals surface area contributed by atoms with Crippen molar-refractivity contribution in [3.8, 4) is 0 Å². The maximum absolute atomic E-state index is 8.96. The van der Waals surface area contributed by atoms with Crippen LogP contribution in [-0.4, -0.2) is 11.7 Å². The Balaban J connectivity index is 1.74. The molecular weight excluding hydrogens is 282 g/mol. The minimum atomic E-state index is 0.197. The third-order valence-corrected chi connectivity index (χ3v) is 4.25. The molecule has 0 aromatic heterocycles. The Morgan fingerprint density at radius 3 is 2.29 bits per heavy atom. The van der Waals surface area contributed by atoms with Crippen molar-refractivity contribution in [2.24, 2.45) is 5.92 Å². The summed E-state index contributed by atoms with van der Waals surface area (Å²) in [6.45, 7) is 0.197. The number of aliphatic hydroxyl groups is 1. The van der Waals surface area contributed by atoms with Gasteiger partial charge in [-0.25, -0.2) is 0 Å². The number of aliphatic hydroxyl groups excluding tert-OH is 1. The summed E-state index contributed by atoms with van der Waals surface area (Å²) in [6, 6.07) is 16.8. The average Bonchev–Trinajstić information content (AvgIpc) is 3.33. The molecule has 0 heterocycles. The molecule has 1 saturated carbocycles. The van der Waals surface area contributed by atoms with E-state index in [2.05, 4.69) is 41.7 Å². The Morgan fingerprint density at radius 2 is 1.71 bits per heavy atom. The van der Waals surface area contributed by atoms with Gasteiger partial charge in [0, 0.05) is 17.3 Å². The van der Waals surface area contributed by atoms with Crippen LogP contribution in [0.4, 0.5) is 5.69 Å². The summed E-state index contributed by atoms with van der Waals surface area (Å²) in [5.74, 6) is 0.711. The van der Waals surface area contributed by atoms with Gasteiger partial charge in [-0.2, -0.15) is 0 Å². The molecule has 3 rings (SSSR count). The average molecular weight is 302 g/mol. The Hall–Kier alpha value is -1.51. The SMILES string of the molecule is OCCc1ccc(NC(c2ccc(Cl)cc2)C2CC2)cc1. The fourth-order valence-corrected chi connectivity index (χ4v) is 2.78. The fourth-order valence-electron chi connectivity index (χ4n) is 2.65. The number of benzene rings is 2. The number of anilines is 1. The Kier molecular flexibility index (Phi) is 4.47. The van der Waals surface area contributed by atoms with E-state index in [4.69, 9.17) is 16.7 Å². The minimum absolute atomic E-state index is 0.197. The van der Waals surface area contributed by atoms with E-state index in [1.807, 2.05) is 12.1 Å². The van der Waals surface area contributed by atoms with Gasteiger partial charge in [0.15, 0.2) is 0 Å². The highest BCUT2D eigenvalue weighted by Gasteiger charge is 2.32. The summed E-state index contributed by atoms with van der Waals surface area (Å²) >= 11 is 5.98. The second-order valence-corrected chi connectivity index (χ2v) is 6.12. The topological polar surface area (TPSA) is 32.3 Å². The van der Waals surface area contributed by atoms with Crippen molar-refractivity contribution in [1.29, 1.82) is 0 Å². The first-order chi connectivity index (χ1) is 10.3. The Labute approximate surface area is 130 Å². The summed E-state index contributed by atoms with van der Waals surface area (Å²) < 4.78 is 0. The lowest BCUT2D eigenvalue weighted by Crippen LogP contribution is -2.12. The molecule has 0 bridgehead atoms. The lowest BCUT2D eigenvalue weighted by atomic mass is 10.0. The highest BCUT2D eigenvalue weighted by atomic mass is 35.5. The molecule has 1 aliphatic rings. The van der Waals surface area contributed by atoms with Crippen LogP contribution in [0.3, 0.4) is 0 Å². The Morgan fingerprint density at radius 1 is 1.05 bits per heavy atom. The molecule has 0 spiro atoms. The van der Waals surface area contributed by atoms with Gasteiger partial charge in [0.25, 0.3) is 0 Å². The van der Waals surface area contributed by atoms with Crippen LogP contribution in [0, 0.1) is 5.92 Å². The molecular formula is C18H20ClNO. The van der Waals surface area contributed by atoms with E-state index in [-0.39, 0.29) is 6.61 Å². The van der Waals surface area contributed by atoms with Crippen molar-refractivity contribution in [1.82, 2.24) is 0 Å². The van der Waals surface area contributed by atoms with Crippen LogP contribution in [0.1, 0.15) is 30.0 Å². The molecule has 3 heteroatoms. The molecule has 1 aliphatic carbocycles. The first kappa shape index (κ1) is 14.4. The van der Waals surface area contributed by atoms with E-state index in [0.717, 1.165) is 16.3 Å². The van der Waals surface area contributed by atoms with Crippen LogP contribution >= 0.6 is 11.6 Å². The second kappa shape index (κ2) is 6.50. The number of nitrogens with one attached hydrogen (secondary N) is 1. The highest BCUT2D eigenvalue weighted by Crippen LogP contribution is 2.43. The normalized spacial score (nSPS) is 15.7. The number of hydrogen-bond acceptors (Lipinski definition) is 2. The van der Waals surface area contributed by atoms with Crippen LogP contribution in [-0.2, 0) is 6.42 Å². The van der Waals surface area contributed by atoms with Crippen LogP contribution in [0.2, 0.25) is 5.02 Å². The van der Waals surface area contributed by atoms with E-state index in [9.17, 15) is 0 Å². The van der Waals surface area contributed by atoms with Gasteiger partial charge in [0.1, 0.15) is 0 Å². The molecule has 1 fully saturated rings. The van der Waals surface area contributed by atoms with E-state index < -0.39 is 0 Å². The predicted molar refractivity (Wildman–Crippen MR) is 87.8 cm³/mol. The molecule has 0 amide bonds. The van der Waals surface area contributed by atoms with Crippen molar-refractivity contribution >= 4 is 17.3 Å². The summed E-state index contributed by atoms with van der Waals surface area (Å²) in [6.07, 6.45) is 3.27. The predicted octanol–water partition coefficient (Wildman–Crippen LogP) is 4.44. The van der Waals surface area contributed by atoms with Crippen molar-refractivity contribution < 1.29 is 5.11 Å². The first-order valence-electron chi connectivity index (χ1n) is 7.48. The van der Waals surface area contributed by atoms with E-state index in [1.54, 1.807) is 0 Å². The molecule has 2 nitrogen and oxygen atoms in total. The molecule has 0 radical (unpaired) electrons. The van der Waals surface area contributed by atoms with Gasteiger partial charge >= 0.3 is 0 Å². The maximum atomic E-state index is 8.96. The third kappa shape index (κ3) is 3.78. The van der Waals surface area contributed by atoms with Crippen LogP contribution in [0.25, 0.3) is 0 Å². The minimum Gasteiger partial charge on any atom is -0.396 e. The second-order valence-electron chi connectivity index (χ2n) is 5.68. The standard InChI is InChI=1S/C18H20ClNO/c19-16-7-5-15(6-8-16)18(14-3-4-14)20-17-9-1-13(2-10-17)11-12-21/h1-2,5-10,14,18,20-21H,3-4,11-12H2. The van der Waals surface area contributed by atoms with Gasteiger partial charge in [0.05, 0.1) is 6.04 Å². The molecule has 0 saturated heterocycles. The zero-order valence-electron chi connectivity index (χ0n) is 11.9. The zero-order chi connectivity index (χ0) is 14.7. The molecule has 2 aromatic rings. The smallest absolute Gasteiger partial charge is 0.0542 e. The quantitative estimate of drug-likeness (QED) is 0.827. The molecule has 21 heavy (non-hydrogen) atoms. The number of hydrogen-bond donors (Lipinski definition) is 2. The van der Waals surface area contributed by atoms with E-state index >= 15 is 0 Å². The lowest BCUT2D eigenvalue weighted by Gasteiger charge is -2.20. The number of rotatable bonds is 6. The van der Waals surface area contributed by atoms with E-state index in [1.165, 1.54) is 18.4 Å². The summed E-state index contributed by atoms with van der Waals surface area (Å²) in [7, 11) is 0. The van der Waals surface area contributed by atoms with Crippen LogP contribution < -0.4 is 5.32 Å². The molecule has 110 valence electrons. The van der Waals surface area contributed by atoms with Gasteiger partial charge in [0.2, 0.25) is 0 Å². The Bertz CT molecular complexity index is 575. The maximum Gasteiger partial charge on any atom is 0.0542 e. The van der Waals surface area contributed by atoms with E-state index in [0.29, 0.717) is 18.4 Å². The molecule has 1 atom stereocenters. The van der Waals surface area contributed by atoms with Gasteiger partial charge < -0.3 is 10.4 Å². The zero-order valence-corrected chi connectivity index (χ0v) is 12.7. The molecule has 0 aliphatic heterocycles. The van der Waals surface area contributed by atoms with Gasteiger partial charge in [-0.05, 0) is 60.6 Å². The fraction of sp³-hybridized carbons (Fsp3) is 0.333. The monoisotopic (exact) mass is 301 g/mol. The number of halogens is 1. The molecule has 1 unspecified atom stereocenters. The van der Waals surface area contributed by atoms with Gasteiger partial charge in [-0.1, -0.05) is 35.9 Å². The van der Waals surface area contributed by atoms with Crippen molar-refractivity contribution in [3.63, 3.8) is 0 Å². The van der Waals surface area contributed by atoms with Gasteiger partial charge in [-0.3, -0.25) is 0 Å². The van der Waals surface area contributed by atoms with Crippen LogP contribution in [0.15, 0.2) is 48.5 Å². The van der Waals surface area contributed by atoms with Crippen molar-refractivity contribution in [2.45, 2.75) is 25.3 Å².